The predicted octanol–water partition coefficient (Wildman–Crippen LogP) is 1.38. The van der Waals surface area contributed by atoms with Gasteiger partial charge in [-0.2, -0.15) is 0 Å². The Morgan fingerprint density at radius 3 is 2.76 bits per heavy atom. The van der Waals surface area contributed by atoms with Crippen LogP contribution < -0.4 is 10.6 Å². The molecule has 1 rings (SSSR count). The zero-order valence-electron chi connectivity index (χ0n) is 9.56. The van der Waals surface area contributed by atoms with E-state index in [1.807, 2.05) is 13.0 Å². The summed E-state index contributed by atoms with van der Waals surface area (Å²) in [5.74, 6) is -0.404. The molecule has 92 valence electrons. The van der Waals surface area contributed by atoms with E-state index in [0.717, 1.165) is 5.56 Å². The van der Waals surface area contributed by atoms with Crippen molar-refractivity contribution in [2.24, 2.45) is 0 Å². The Morgan fingerprint density at radius 2 is 2.18 bits per heavy atom. The zero-order chi connectivity index (χ0) is 12.7. The highest BCUT2D eigenvalue weighted by Crippen LogP contribution is 2.03. The Labute approximate surface area is 99.1 Å². The first-order valence-corrected chi connectivity index (χ1v) is 5.27. The van der Waals surface area contributed by atoms with Crippen LogP contribution in [0.2, 0.25) is 0 Å². The maximum Gasteiger partial charge on any atom is 0.320 e. The second-order valence-corrected chi connectivity index (χ2v) is 3.60. The number of hydrogen-bond acceptors (Lipinski definition) is 3. The molecule has 0 aliphatic heterocycles. The molecule has 3 N–H and O–H groups in total. The smallest absolute Gasteiger partial charge is 0.320 e. The molecule has 0 aliphatic carbocycles. The molecule has 2 amide bonds. The summed E-state index contributed by atoms with van der Waals surface area (Å²) in [4.78, 5) is 25.6. The number of carbonyl (C=O) groups excluding carboxylic acids is 1. The van der Waals surface area contributed by atoms with Crippen molar-refractivity contribution >= 4 is 17.8 Å². The third-order valence-corrected chi connectivity index (χ3v) is 2.01. The normalized spacial score (nSPS) is 9.71. The molecule has 17 heavy (non-hydrogen) atoms. The van der Waals surface area contributed by atoms with Gasteiger partial charge in [-0.3, -0.25) is 10.1 Å². The van der Waals surface area contributed by atoms with Crippen LogP contribution in [0, 0.1) is 6.92 Å². The number of carbonyl (C=O) groups is 2. The molecule has 1 aromatic rings. The highest BCUT2D eigenvalue weighted by atomic mass is 16.4. The van der Waals surface area contributed by atoms with Crippen molar-refractivity contribution < 1.29 is 14.7 Å². The van der Waals surface area contributed by atoms with Crippen LogP contribution in [0.3, 0.4) is 0 Å². The first-order chi connectivity index (χ1) is 8.08. The molecule has 6 nitrogen and oxygen atoms in total. The molecule has 0 fully saturated rings. The Morgan fingerprint density at radius 1 is 1.41 bits per heavy atom. The summed E-state index contributed by atoms with van der Waals surface area (Å²) in [6.07, 6.45) is 2.10. The SMILES string of the molecule is Cc1ccc(NC(=O)NCCCC(=O)O)nc1. The number of nitrogens with zero attached hydrogens (tertiary/aromatic N) is 1. The number of urea groups is 1. The summed E-state index contributed by atoms with van der Waals surface area (Å²) in [5.41, 5.74) is 1.01. The van der Waals surface area contributed by atoms with Crippen LogP contribution in [0.25, 0.3) is 0 Å². The highest BCUT2D eigenvalue weighted by molar-refractivity contribution is 5.88. The number of aliphatic carboxylic acids is 1. The van der Waals surface area contributed by atoms with Gasteiger partial charge >= 0.3 is 12.0 Å². The van der Waals surface area contributed by atoms with Crippen LogP contribution in [0.1, 0.15) is 18.4 Å². The number of aromatic nitrogens is 1. The van der Waals surface area contributed by atoms with E-state index in [9.17, 15) is 9.59 Å². The zero-order valence-corrected chi connectivity index (χ0v) is 9.56. The lowest BCUT2D eigenvalue weighted by Crippen LogP contribution is -2.30. The molecule has 0 aromatic carbocycles. The minimum atomic E-state index is -0.868. The molecule has 0 spiro atoms. The lowest BCUT2D eigenvalue weighted by molar-refractivity contribution is -0.137. The molecular weight excluding hydrogens is 222 g/mol. The number of rotatable bonds is 5. The maximum atomic E-state index is 11.3. The number of aryl methyl sites for hydroxylation is 1. The molecule has 0 radical (unpaired) electrons. The van der Waals surface area contributed by atoms with E-state index in [0.29, 0.717) is 18.8 Å². The van der Waals surface area contributed by atoms with Gasteiger partial charge in [-0.05, 0) is 25.0 Å². The quantitative estimate of drug-likeness (QED) is 0.674. The van der Waals surface area contributed by atoms with E-state index in [1.165, 1.54) is 0 Å². The van der Waals surface area contributed by atoms with Gasteiger partial charge in [0.2, 0.25) is 0 Å². The van der Waals surface area contributed by atoms with Crippen molar-refractivity contribution in [3.63, 3.8) is 0 Å². The van der Waals surface area contributed by atoms with E-state index >= 15 is 0 Å². The van der Waals surface area contributed by atoms with Gasteiger partial charge < -0.3 is 10.4 Å². The van der Waals surface area contributed by atoms with Crippen molar-refractivity contribution in [2.75, 3.05) is 11.9 Å². The molecule has 6 heteroatoms. The van der Waals surface area contributed by atoms with Crippen LogP contribution in [-0.2, 0) is 4.79 Å². The third kappa shape index (κ3) is 5.50. The minimum Gasteiger partial charge on any atom is -0.481 e. The van der Waals surface area contributed by atoms with Crippen molar-refractivity contribution in [3.8, 4) is 0 Å². The lowest BCUT2D eigenvalue weighted by atomic mass is 10.3. The summed E-state index contributed by atoms with van der Waals surface area (Å²) < 4.78 is 0. The van der Waals surface area contributed by atoms with Gasteiger partial charge in [-0.1, -0.05) is 6.07 Å². The fourth-order valence-corrected chi connectivity index (χ4v) is 1.14. The van der Waals surface area contributed by atoms with Gasteiger partial charge in [0.1, 0.15) is 5.82 Å². The Bertz CT molecular complexity index is 389. The van der Waals surface area contributed by atoms with Crippen molar-refractivity contribution in [3.05, 3.63) is 23.9 Å². The van der Waals surface area contributed by atoms with Gasteiger partial charge in [0.15, 0.2) is 0 Å². The molecule has 0 unspecified atom stereocenters. The Kier molecular flexibility index (Phi) is 4.93. The fourth-order valence-electron chi connectivity index (χ4n) is 1.14. The summed E-state index contributed by atoms with van der Waals surface area (Å²) in [5, 5.41) is 13.5. The third-order valence-electron chi connectivity index (χ3n) is 2.01. The molecule has 0 bridgehead atoms. The van der Waals surface area contributed by atoms with Gasteiger partial charge in [-0.25, -0.2) is 9.78 Å². The summed E-state index contributed by atoms with van der Waals surface area (Å²) in [6.45, 7) is 2.23. The molecule has 1 heterocycles. The first kappa shape index (κ1) is 13.0. The molecular formula is C11H15N3O3. The standard InChI is InChI=1S/C11H15N3O3/c1-8-4-5-9(13-7-8)14-11(17)12-6-2-3-10(15)16/h4-5,7H,2-3,6H2,1H3,(H,15,16)(H2,12,13,14,17). The topological polar surface area (TPSA) is 91.3 Å². The number of carboxylic acids is 1. The molecule has 0 saturated heterocycles. The van der Waals surface area contributed by atoms with Gasteiger partial charge in [-0.15, -0.1) is 0 Å². The van der Waals surface area contributed by atoms with E-state index < -0.39 is 5.97 Å². The largest absolute Gasteiger partial charge is 0.481 e. The van der Waals surface area contributed by atoms with Crippen LogP contribution in [0.15, 0.2) is 18.3 Å². The van der Waals surface area contributed by atoms with Crippen LogP contribution in [0.4, 0.5) is 10.6 Å². The first-order valence-electron chi connectivity index (χ1n) is 5.27. The Balaban J connectivity index is 2.25. The fraction of sp³-hybridized carbons (Fsp3) is 0.364. The van der Waals surface area contributed by atoms with Crippen molar-refractivity contribution in [2.45, 2.75) is 19.8 Å². The Hall–Kier alpha value is -2.11. The van der Waals surface area contributed by atoms with E-state index in [2.05, 4.69) is 15.6 Å². The number of carboxylic acid groups (broad SMARTS) is 1. The highest BCUT2D eigenvalue weighted by Gasteiger charge is 2.02. The second kappa shape index (κ2) is 6.47. The number of hydrogen-bond donors (Lipinski definition) is 3. The minimum absolute atomic E-state index is 0.0447. The van der Waals surface area contributed by atoms with Gasteiger partial charge in [0.05, 0.1) is 0 Å². The number of nitrogens with one attached hydrogen (secondary N) is 2. The molecule has 0 aliphatic rings. The molecule has 0 atom stereocenters. The maximum absolute atomic E-state index is 11.3. The molecule has 1 aromatic heterocycles. The summed E-state index contributed by atoms with van der Waals surface area (Å²) in [6, 6.07) is 3.16. The second-order valence-electron chi connectivity index (χ2n) is 3.60. The van der Waals surface area contributed by atoms with Crippen molar-refractivity contribution in [1.82, 2.24) is 10.3 Å². The molecule has 0 saturated carbocycles. The van der Waals surface area contributed by atoms with Gasteiger partial charge in [0.25, 0.3) is 0 Å². The average molecular weight is 237 g/mol. The summed E-state index contributed by atoms with van der Waals surface area (Å²) >= 11 is 0. The predicted molar refractivity (Wildman–Crippen MR) is 62.9 cm³/mol. The van der Waals surface area contributed by atoms with E-state index in [-0.39, 0.29) is 12.5 Å². The monoisotopic (exact) mass is 237 g/mol. The van der Waals surface area contributed by atoms with Crippen LogP contribution in [0.5, 0.6) is 0 Å². The van der Waals surface area contributed by atoms with Gasteiger partial charge in [0, 0.05) is 19.2 Å². The number of pyridine rings is 1. The number of amides is 2. The van der Waals surface area contributed by atoms with Crippen LogP contribution in [-0.4, -0.2) is 28.6 Å². The number of anilines is 1. The average Bonchev–Trinajstić information content (AvgIpc) is 2.27. The lowest BCUT2D eigenvalue weighted by Gasteiger charge is -2.06. The van der Waals surface area contributed by atoms with Crippen molar-refractivity contribution in [1.29, 1.82) is 0 Å². The van der Waals surface area contributed by atoms with E-state index in [1.54, 1.807) is 12.3 Å². The van der Waals surface area contributed by atoms with Crippen LogP contribution >= 0.6 is 0 Å². The summed E-state index contributed by atoms with van der Waals surface area (Å²) in [7, 11) is 0. The van der Waals surface area contributed by atoms with E-state index in [4.69, 9.17) is 5.11 Å².